The van der Waals surface area contributed by atoms with Gasteiger partial charge in [0.15, 0.2) is 0 Å². The van der Waals surface area contributed by atoms with E-state index in [1.807, 2.05) is 6.07 Å². The number of benzene rings is 1. The van der Waals surface area contributed by atoms with Gasteiger partial charge in [-0.1, -0.05) is 44.2 Å². The van der Waals surface area contributed by atoms with E-state index in [1.165, 1.54) is 5.56 Å². The Morgan fingerprint density at radius 2 is 1.90 bits per heavy atom. The third-order valence-corrected chi connectivity index (χ3v) is 5.54. The molecule has 1 N–H and O–H groups in total. The smallest absolute Gasteiger partial charge is 0.255 e. The maximum absolute atomic E-state index is 12.3. The highest BCUT2D eigenvalue weighted by Gasteiger charge is 2.34. The van der Waals surface area contributed by atoms with Gasteiger partial charge in [-0.2, -0.15) is 11.8 Å². The number of H-pyrrole nitrogens is 1. The summed E-state index contributed by atoms with van der Waals surface area (Å²) in [4.78, 5) is 20.2. The van der Waals surface area contributed by atoms with Crippen LogP contribution < -0.4 is 5.56 Å². The van der Waals surface area contributed by atoms with Crippen molar-refractivity contribution in [2.45, 2.75) is 43.6 Å². The first-order valence-corrected chi connectivity index (χ1v) is 8.62. The van der Waals surface area contributed by atoms with Crippen molar-refractivity contribution in [1.82, 2.24) is 9.97 Å². The van der Waals surface area contributed by atoms with E-state index in [4.69, 9.17) is 4.98 Å². The molecular formula is C17H20N2OS. The fraction of sp³-hybridized carbons (Fsp3) is 0.412. The third-order valence-electron chi connectivity index (χ3n) is 4.57. The number of nitrogens with zero attached hydrogens (tertiary/aromatic N) is 1. The molecule has 0 fully saturated rings. The van der Waals surface area contributed by atoms with Crippen LogP contribution in [-0.2, 0) is 16.9 Å². The molecule has 0 radical (unpaired) electrons. The summed E-state index contributed by atoms with van der Waals surface area (Å²) >= 11 is 1.76. The van der Waals surface area contributed by atoms with Gasteiger partial charge in [-0.3, -0.25) is 4.79 Å². The lowest BCUT2D eigenvalue weighted by Crippen LogP contribution is -2.32. The van der Waals surface area contributed by atoms with Crippen molar-refractivity contribution in [3.8, 4) is 0 Å². The van der Waals surface area contributed by atoms with Crippen molar-refractivity contribution in [2.75, 3.05) is 0 Å². The monoisotopic (exact) mass is 300 g/mol. The van der Waals surface area contributed by atoms with Gasteiger partial charge < -0.3 is 4.98 Å². The maximum Gasteiger partial charge on any atom is 0.255 e. The lowest BCUT2D eigenvalue weighted by molar-refractivity contribution is 0.446. The molecule has 1 aromatic heterocycles. The Labute approximate surface area is 129 Å². The van der Waals surface area contributed by atoms with Crippen LogP contribution >= 0.6 is 11.8 Å². The lowest BCUT2D eigenvalue weighted by atomic mass is 9.75. The topological polar surface area (TPSA) is 45.8 Å². The van der Waals surface area contributed by atoms with E-state index < -0.39 is 0 Å². The van der Waals surface area contributed by atoms with Crippen molar-refractivity contribution in [3.05, 3.63) is 63.3 Å². The number of hydrogen-bond donors (Lipinski definition) is 1. The van der Waals surface area contributed by atoms with Crippen LogP contribution in [-0.4, -0.2) is 9.97 Å². The minimum atomic E-state index is -0.206. The van der Waals surface area contributed by atoms with Gasteiger partial charge in [0.25, 0.3) is 5.56 Å². The molecule has 3 rings (SSSR count). The molecule has 1 aliphatic rings. The van der Waals surface area contributed by atoms with E-state index >= 15 is 0 Å². The summed E-state index contributed by atoms with van der Waals surface area (Å²) in [6, 6.07) is 10.4. The molecule has 21 heavy (non-hydrogen) atoms. The fourth-order valence-electron chi connectivity index (χ4n) is 3.18. The molecule has 0 saturated carbocycles. The molecule has 0 bridgehead atoms. The Bertz CT molecular complexity index is 690. The Morgan fingerprint density at radius 3 is 2.57 bits per heavy atom. The first kappa shape index (κ1) is 14.4. The lowest BCUT2D eigenvalue weighted by Gasteiger charge is -2.31. The van der Waals surface area contributed by atoms with Crippen LogP contribution in [0.4, 0.5) is 0 Å². The van der Waals surface area contributed by atoms with Crippen LogP contribution in [0, 0.1) is 0 Å². The van der Waals surface area contributed by atoms with Crippen molar-refractivity contribution in [1.29, 1.82) is 0 Å². The average Bonchev–Trinajstić information content (AvgIpc) is 2.99. The molecule has 110 valence electrons. The van der Waals surface area contributed by atoms with Crippen molar-refractivity contribution in [2.24, 2.45) is 0 Å². The second-order valence-corrected chi connectivity index (χ2v) is 6.47. The number of nitrogens with one attached hydrogen (secondary N) is 1. The zero-order valence-corrected chi connectivity index (χ0v) is 13.3. The van der Waals surface area contributed by atoms with Gasteiger partial charge in [-0.25, -0.2) is 4.98 Å². The highest BCUT2D eigenvalue weighted by molar-refractivity contribution is 7.98. The molecular weight excluding hydrogens is 280 g/mol. The SMILES string of the molecule is CCC(CC)(c1ccccc1)c1nc2c(c(=O)[nH]1)CSC2. The standard InChI is InChI=1S/C17H20N2OS/c1-3-17(4-2,12-8-6-5-7-9-12)16-18-14-11-21-10-13(14)15(20)19-16/h5-9H,3-4,10-11H2,1-2H3,(H,18,19,20). The second kappa shape index (κ2) is 5.68. The molecule has 4 heteroatoms. The zero-order valence-electron chi connectivity index (χ0n) is 12.5. The summed E-state index contributed by atoms with van der Waals surface area (Å²) < 4.78 is 0. The number of aromatic amines is 1. The molecule has 0 atom stereocenters. The van der Waals surface area contributed by atoms with Gasteiger partial charge in [0.05, 0.1) is 11.1 Å². The molecule has 0 unspecified atom stereocenters. The van der Waals surface area contributed by atoms with Crippen LogP contribution in [0.5, 0.6) is 0 Å². The van der Waals surface area contributed by atoms with Crippen molar-refractivity contribution in [3.63, 3.8) is 0 Å². The number of aromatic nitrogens is 2. The summed E-state index contributed by atoms with van der Waals surface area (Å²) in [5, 5.41) is 0. The Balaban J connectivity index is 2.19. The van der Waals surface area contributed by atoms with Crippen molar-refractivity contribution >= 4 is 11.8 Å². The van der Waals surface area contributed by atoms with Crippen LogP contribution in [0.1, 0.15) is 49.3 Å². The number of thioether (sulfide) groups is 1. The number of hydrogen-bond acceptors (Lipinski definition) is 3. The van der Waals surface area contributed by atoms with E-state index in [2.05, 4.69) is 43.1 Å². The Kier molecular flexibility index (Phi) is 3.89. The molecule has 3 nitrogen and oxygen atoms in total. The van der Waals surface area contributed by atoms with E-state index in [-0.39, 0.29) is 11.0 Å². The molecule has 0 spiro atoms. The molecule has 1 aromatic carbocycles. The Morgan fingerprint density at radius 1 is 1.19 bits per heavy atom. The minimum absolute atomic E-state index is 0.0437. The van der Waals surface area contributed by atoms with E-state index in [0.717, 1.165) is 41.4 Å². The molecule has 1 aliphatic heterocycles. The van der Waals surface area contributed by atoms with E-state index in [1.54, 1.807) is 11.8 Å². The molecule has 2 aromatic rings. The third kappa shape index (κ3) is 2.31. The molecule has 2 heterocycles. The first-order valence-electron chi connectivity index (χ1n) is 7.47. The summed E-state index contributed by atoms with van der Waals surface area (Å²) in [6.45, 7) is 4.33. The van der Waals surface area contributed by atoms with Gasteiger partial charge in [0.2, 0.25) is 0 Å². The largest absolute Gasteiger partial charge is 0.310 e. The summed E-state index contributed by atoms with van der Waals surface area (Å²) in [6.07, 6.45) is 1.84. The fourth-order valence-corrected chi connectivity index (χ4v) is 4.21. The van der Waals surface area contributed by atoms with E-state index in [0.29, 0.717) is 0 Å². The van der Waals surface area contributed by atoms with Crippen LogP contribution in [0.25, 0.3) is 0 Å². The molecule has 0 saturated heterocycles. The van der Waals surface area contributed by atoms with Crippen molar-refractivity contribution < 1.29 is 0 Å². The quantitative estimate of drug-likeness (QED) is 0.938. The first-order chi connectivity index (χ1) is 10.2. The van der Waals surface area contributed by atoms with Crippen LogP contribution in [0.2, 0.25) is 0 Å². The molecule has 0 aliphatic carbocycles. The van der Waals surface area contributed by atoms with Gasteiger partial charge in [-0.05, 0) is 18.4 Å². The predicted molar refractivity (Wildman–Crippen MR) is 87.7 cm³/mol. The van der Waals surface area contributed by atoms with Gasteiger partial charge in [-0.15, -0.1) is 0 Å². The normalized spacial score (nSPS) is 14.2. The van der Waals surface area contributed by atoms with Crippen LogP contribution in [0.15, 0.2) is 35.1 Å². The van der Waals surface area contributed by atoms with Crippen LogP contribution in [0.3, 0.4) is 0 Å². The number of rotatable bonds is 4. The highest BCUT2D eigenvalue weighted by Crippen LogP contribution is 2.37. The summed E-state index contributed by atoms with van der Waals surface area (Å²) in [5.41, 5.74) is 2.90. The second-order valence-electron chi connectivity index (χ2n) is 5.49. The average molecular weight is 300 g/mol. The van der Waals surface area contributed by atoms with Gasteiger partial charge in [0.1, 0.15) is 5.82 Å². The number of fused-ring (bicyclic) bond motifs is 1. The Hall–Kier alpha value is -1.55. The summed E-state index contributed by atoms with van der Waals surface area (Å²) in [7, 11) is 0. The minimum Gasteiger partial charge on any atom is -0.310 e. The highest BCUT2D eigenvalue weighted by atomic mass is 32.2. The van der Waals surface area contributed by atoms with E-state index in [9.17, 15) is 4.79 Å². The zero-order chi connectivity index (χ0) is 14.9. The maximum atomic E-state index is 12.3. The predicted octanol–water partition coefficient (Wildman–Crippen LogP) is 3.62. The summed E-state index contributed by atoms with van der Waals surface area (Å²) in [5.74, 6) is 2.46. The van der Waals surface area contributed by atoms with Gasteiger partial charge in [0, 0.05) is 17.1 Å². The molecule has 0 amide bonds. The van der Waals surface area contributed by atoms with Gasteiger partial charge >= 0.3 is 0 Å².